The Kier molecular flexibility index (Phi) is 7.51. The molecule has 2 aromatic carbocycles. The summed E-state index contributed by atoms with van der Waals surface area (Å²) in [6.07, 6.45) is 1.07. The molecule has 0 N–H and O–H groups in total. The summed E-state index contributed by atoms with van der Waals surface area (Å²) in [5.41, 5.74) is 1.37. The first-order valence-electron chi connectivity index (χ1n) is 11.7. The molecule has 2 aromatic heterocycles. The Morgan fingerprint density at radius 3 is 2.51 bits per heavy atom. The van der Waals surface area contributed by atoms with E-state index < -0.39 is 5.25 Å². The third-order valence-corrected chi connectivity index (χ3v) is 6.85. The maximum Gasteiger partial charge on any atom is 0.262 e. The van der Waals surface area contributed by atoms with Crippen molar-refractivity contribution in [2.24, 2.45) is 5.92 Å². The minimum absolute atomic E-state index is 0.0893. The van der Waals surface area contributed by atoms with Crippen LogP contribution in [0.5, 0.6) is 0 Å². The average Bonchev–Trinajstić information content (AvgIpc) is 3.28. The lowest BCUT2D eigenvalue weighted by Gasteiger charge is -2.24. The topological polar surface area (TPSA) is 96.3 Å². The van der Waals surface area contributed by atoms with Gasteiger partial charge in [0.05, 0.1) is 28.6 Å². The molecule has 0 spiro atoms. The van der Waals surface area contributed by atoms with Gasteiger partial charge >= 0.3 is 0 Å². The highest BCUT2D eigenvalue weighted by Gasteiger charge is 2.26. The van der Waals surface area contributed by atoms with Crippen molar-refractivity contribution < 1.29 is 4.79 Å². The van der Waals surface area contributed by atoms with Crippen molar-refractivity contribution in [2.75, 3.05) is 11.4 Å². The molecule has 0 fully saturated rings. The number of aryl methyl sites for hydroxylation is 1. The van der Waals surface area contributed by atoms with E-state index in [0.717, 1.165) is 12.1 Å². The van der Waals surface area contributed by atoms with Crippen LogP contribution in [0.2, 0.25) is 0 Å². The first-order chi connectivity index (χ1) is 16.9. The molecule has 0 saturated carbocycles. The summed E-state index contributed by atoms with van der Waals surface area (Å²) in [5.74, 6) is 0.784. The number of carbonyl (C=O) groups is 1. The minimum atomic E-state index is -0.490. The van der Waals surface area contributed by atoms with Gasteiger partial charge < -0.3 is 4.90 Å². The van der Waals surface area contributed by atoms with Crippen molar-refractivity contribution in [3.05, 3.63) is 65.0 Å². The Morgan fingerprint density at radius 1 is 1.09 bits per heavy atom. The van der Waals surface area contributed by atoms with Gasteiger partial charge in [0, 0.05) is 18.8 Å². The molecule has 4 aromatic rings. The second kappa shape index (κ2) is 10.7. The highest BCUT2D eigenvalue weighted by Crippen LogP contribution is 2.28. The molecule has 4 rings (SSSR count). The van der Waals surface area contributed by atoms with Crippen molar-refractivity contribution in [1.82, 2.24) is 19.2 Å². The summed E-state index contributed by atoms with van der Waals surface area (Å²) in [7, 11) is 0. The van der Waals surface area contributed by atoms with E-state index in [1.165, 1.54) is 11.8 Å². The second-order valence-electron chi connectivity index (χ2n) is 8.77. The number of aromatic nitrogens is 4. The molecule has 35 heavy (non-hydrogen) atoms. The molecule has 9 heteroatoms. The molecule has 1 amide bonds. The van der Waals surface area contributed by atoms with Gasteiger partial charge in [-0.1, -0.05) is 55.9 Å². The number of nitriles is 1. The summed E-state index contributed by atoms with van der Waals surface area (Å²) in [4.78, 5) is 28.3. The van der Waals surface area contributed by atoms with Crippen molar-refractivity contribution in [3.63, 3.8) is 0 Å². The fourth-order valence-corrected chi connectivity index (χ4v) is 4.88. The van der Waals surface area contributed by atoms with E-state index >= 15 is 0 Å². The first-order valence-corrected chi connectivity index (χ1v) is 12.6. The van der Waals surface area contributed by atoms with Gasteiger partial charge in [-0.25, -0.2) is 0 Å². The van der Waals surface area contributed by atoms with E-state index in [2.05, 4.69) is 30.1 Å². The van der Waals surface area contributed by atoms with Crippen LogP contribution in [0.4, 0.5) is 5.69 Å². The number of nitrogens with zero attached hydrogens (tertiary/aromatic N) is 6. The average molecular weight is 489 g/mol. The predicted molar refractivity (Wildman–Crippen MR) is 139 cm³/mol. The summed E-state index contributed by atoms with van der Waals surface area (Å²) in [6.45, 7) is 6.91. The Hall–Kier alpha value is -3.64. The van der Waals surface area contributed by atoms with Gasteiger partial charge in [-0.15, -0.1) is 10.2 Å². The largest absolute Gasteiger partial charge is 0.310 e. The molecule has 0 aliphatic heterocycles. The Balaban J connectivity index is 1.73. The van der Waals surface area contributed by atoms with Crippen molar-refractivity contribution in [2.45, 2.75) is 50.6 Å². The molecule has 1 atom stereocenters. The summed E-state index contributed by atoms with van der Waals surface area (Å²) >= 11 is 1.30. The summed E-state index contributed by atoms with van der Waals surface area (Å²) in [6, 6.07) is 18.9. The fourth-order valence-electron chi connectivity index (χ4n) is 3.96. The zero-order valence-corrected chi connectivity index (χ0v) is 20.9. The molecule has 0 radical (unpaired) electrons. The highest BCUT2D eigenvalue weighted by atomic mass is 32.2. The number of anilines is 1. The maximum atomic E-state index is 13.5. The SMILES string of the molecule is CC(C)CCn1c(=O)c2ccccc2n2c(SC(C)C(=O)N(CCC#N)c3ccccc3)nnc12. The number of benzene rings is 2. The lowest BCUT2D eigenvalue weighted by atomic mass is 10.1. The predicted octanol–water partition coefficient (Wildman–Crippen LogP) is 4.52. The summed E-state index contributed by atoms with van der Waals surface area (Å²) in [5, 5.41) is 18.5. The van der Waals surface area contributed by atoms with Crippen LogP contribution in [0, 0.1) is 17.2 Å². The van der Waals surface area contributed by atoms with Gasteiger partial charge in [0.25, 0.3) is 5.56 Å². The number of carbonyl (C=O) groups excluding carboxylic acids is 1. The number of amides is 1. The number of rotatable bonds is 9. The number of para-hydroxylation sites is 2. The molecule has 0 saturated heterocycles. The zero-order valence-electron chi connectivity index (χ0n) is 20.1. The maximum absolute atomic E-state index is 13.5. The van der Waals surface area contributed by atoms with Crippen LogP contribution in [-0.4, -0.2) is 36.9 Å². The van der Waals surface area contributed by atoms with Crippen LogP contribution in [0.15, 0.2) is 64.5 Å². The number of hydrogen-bond donors (Lipinski definition) is 0. The van der Waals surface area contributed by atoms with Crippen LogP contribution < -0.4 is 10.5 Å². The molecule has 8 nitrogen and oxygen atoms in total. The lowest BCUT2D eigenvalue weighted by Crippen LogP contribution is -2.37. The number of thioether (sulfide) groups is 1. The van der Waals surface area contributed by atoms with Gasteiger partial charge in [0.2, 0.25) is 11.7 Å². The fraction of sp³-hybridized carbons (Fsp3) is 0.346. The molecule has 0 bridgehead atoms. The molecule has 0 aliphatic carbocycles. The van der Waals surface area contributed by atoms with E-state index in [4.69, 9.17) is 5.26 Å². The normalized spacial score (nSPS) is 12.2. The number of fused-ring (bicyclic) bond motifs is 3. The quantitative estimate of drug-likeness (QED) is 0.322. The third-order valence-electron chi connectivity index (χ3n) is 5.82. The van der Waals surface area contributed by atoms with Crippen LogP contribution in [0.1, 0.15) is 33.6 Å². The van der Waals surface area contributed by atoms with Gasteiger partial charge in [0.1, 0.15) is 0 Å². The zero-order chi connectivity index (χ0) is 24.9. The Bertz CT molecular complexity index is 1440. The standard InChI is InChI=1S/C26H28N6O2S/c1-18(2)14-17-31-24(34)21-12-7-8-13-22(21)32-25(31)28-29-26(32)35-19(3)23(33)30(16-9-15-27)20-10-5-4-6-11-20/h4-8,10-13,18-19H,9,14,16-17H2,1-3H3. The molecular weight excluding hydrogens is 460 g/mol. The van der Waals surface area contributed by atoms with Crippen molar-refractivity contribution in [3.8, 4) is 6.07 Å². The summed E-state index contributed by atoms with van der Waals surface area (Å²) < 4.78 is 3.54. The van der Waals surface area contributed by atoms with Gasteiger partial charge in [-0.2, -0.15) is 5.26 Å². The van der Waals surface area contributed by atoms with Crippen LogP contribution in [-0.2, 0) is 11.3 Å². The second-order valence-corrected chi connectivity index (χ2v) is 10.1. The van der Waals surface area contributed by atoms with E-state index in [0.29, 0.717) is 40.8 Å². The van der Waals surface area contributed by atoms with Crippen molar-refractivity contribution in [1.29, 1.82) is 5.26 Å². The molecule has 180 valence electrons. The molecule has 0 aliphatic rings. The third kappa shape index (κ3) is 5.08. The molecular formula is C26H28N6O2S. The lowest BCUT2D eigenvalue weighted by molar-refractivity contribution is -0.117. The Labute approximate surface area is 208 Å². The van der Waals surface area contributed by atoms with E-state index in [1.807, 2.05) is 65.9 Å². The molecule has 1 unspecified atom stereocenters. The first kappa shape index (κ1) is 24.5. The monoisotopic (exact) mass is 488 g/mol. The van der Waals surface area contributed by atoms with Crippen LogP contribution in [0.3, 0.4) is 0 Å². The van der Waals surface area contributed by atoms with Gasteiger partial charge in [0.15, 0.2) is 5.16 Å². The smallest absolute Gasteiger partial charge is 0.262 e. The minimum Gasteiger partial charge on any atom is -0.310 e. The van der Waals surface area contributed by atoms with Crippen LogP contribution >= 0.6 is 11.8 Å². The van der Waals surface area contributed by atoms with Crippen molar-refractivity contribution >= 4 is 40.0 Å². The Morgan fingerprint density at radius 2 is 1.80 bits per heavy atom. The van der Waals surface area contributed by atoms with Gasteiger partial charge in [-0.05, 0) is 43.5 Å². The highest BCUT2D eigenvalue weighted by molar-refractivity contribution is 8.00. The van der Waals surface area contributed by atoms with Gasteiger partial charge in [-0.3, -0.25) is 18.6 Å². The number of hydrogen-bond acceptors (Lipinski definition) is 6. The van der Waals surface area contributed by atoms with E-state index in [-0.39, 0.29) is 17.9 Å². The van der Waals surface area contributed by atoms with E-state index in [1.54, 1.807) is 9.47 Å². The molecule has 2 heterocycles. The van der Waals surface area contributed by atoms with E-state index in [9.17, 15) is 9.59 Å². The van der Waals surface area contributed by atoms with Crippen LogP contribution in [0.25, 0.3) is 16.7 Å².